The van der Waals surface area contributed by atoms with Crippen molar-refractivity contribution in [3.05, 3.63) is 29.8 Å². The lowest BCUT2D eigenvalue weighted by atomic mass is 9.87. The van der Waals surface area contributed by atoms with Crippen LogP contribution in [0.5, 0.6) is 0 Å². The number of sulfonamides is 1. The van der Waals surface area contributed by atoms with Gasteiger partial charge in [0.1, 0.15) is 6.10 Å². The molecule has 11 nitrogen and oxygen atoms in total. The van der Waals surface area contributed by atoms with E-state index in [0.29, 0.717) is 12.0 Å². The van der Waals surface area contributed by atoms with Gasteiger partial charge in [0.25, 0.3) is 5.91 Å². The number of rotatable bonds is 15. The predicted molar refractivity (Wildman–Crippen MR) is 124 cm³/mol. The van der Waals surface area contributed by atoms with Crippen LogP contribution in [-0.2, 0) is 31.0 Å². The molecule has 2 amide bonds. The number of benzene rings is 1. The molecule has 0 saturated carbocycles. The highest BCUT2D eigenvalue weighted by Gasteiger charge is 2.32. The number of hydrogen-bond acceptors (Lipinski definition) is 8. The van der Waals surface area contributed by atoms with Crippen LogP contribution in [-0.4, -0.2) is 84.6 Å². The molecule has 0 bridgehead atoms. The van der Waals surface area contributed by atoms with Crippen molar-refractivity contribution < 1.29 is 38.1 Å². The van der Waals surface area contributed by atoms with Crippen molar-refractivity contribution in [3.63, 3.8) is 0 Å². The molecule has 0 saturated heterocycles. The Kier molecular flexibility index (Phi) is 11.8. The standard InChI is InChI=1S/C22H35N3O8S/c1-4-11-25(12-13-26)34(32,33)17-7-5-16(6-8-17)14-24-20(30)18(28)9-10-23-21(31)19(29)22(2,3)15-27/h5-8,19,26-27,29H,4,9-15H2,1-3H3,(H,23,31)(H,24,30)/t19-/m0/s1. The van der Waals surface area contributed by atoms with Gasteiger partial charge in [0, 0.05) is 38.0 Å². The second-order valence-electron chi connectivity index (χ2n) is 8.47. The number of amides is 2. The van der Waals surface area contributed by atoms with Crippen molar-refractivity contribution in [3.8, 4) is 0 Å². The minimum atomic E-state index is -3.76. The minimum Gasteiger partial charge on any atom is -0.396 e. The second kappa shape index (κ2) is 13.5. The Hall–Kier alpha value is -2.38. The third-order valence-corrected chi connectivity index (χ3v) is 7.05. The Labute approximate surface area is 200 Å². The summed E-state index contributed by atoms with van der Waals surface area (Å²) < 4.78 is 26.6. The molecule has 0 aromatic heterocycles. The number of aliphatic hydroxyl groups is 3. The van der Waals surface area contributed by atoms with Crippen molar-refractivity contribution in [2.24, 2.45) is 5.41 Å². The van der Waals surface area contributed by atoms with Gasteiger partial charge < -0.3 is 26.0 Å². The van der Waals surface area contributed by atoms with Gasteiger partial charge >= 0.3 is 0 Å². The van der Waals surface area contributed by atoms with Gasteiger partial charge in [-0.2, -0.15) is 4.31 Å². The van der Waals surface area contributed by atoms with E-state index in [4.69, 9.17) is 5.11 Å². The first-order valence-corrected chi connectivity index (χ1v) is 12.4. The van der Waals surface area contributed by atoms with Gasteiger partial charge in [0.2, 0.25) is 21.7 Å². The number of carbonyl (C=O) groups excluding carboxylic acids is 3. The maximum Gasteiger partial charge on any atom is 0.287 e. The molecular weight excluding hydrogens is 466 g/mol. The molecule has 0 radical (unpaired) electrons. The molecule has 0 spiro atoms. The van der Waals surface area contributed by atoms with Gasteiger partial charge in [-0.3, -0.25) is 14.4 Å². The Balaban J connectivity index is 2.58. The number of nitrogens with one attached hydrogen (secondary N) is 2. The fraction of sp³-hybridized carbons (Fsp3) is 0.591. The Morgan fingerprint density at radius 1 is 1.06 bits per heavy atom. The maximum atomic E-state index is 12.7. The molecule has 1 rings (SSSR count). The van der Waals surface area contributed by atoms with Crippen LogP contribution in [0.3, 0.4) is 0 Å². The quantitative estimate of drug-likeness (QED) is 0.193. The van der Waals surface area contributed by atoms with E-state index in [1.807, 2.05) is 6.92 Å². The summed E-state index contributed by atoms with van der Waals surface area (Å²) in [5.74, 6) is -2.38. The first-order chi connectivity index (χ1) is 15.9. The zero-order valence-electron chi connectivity index (χ0n) is 19.8. The monoisotopic (exact) mass is 501 g/mol. The fourth-order valence-corrected chi connectivity index (χ4v) is 4.40. The topological polar surface area (TPSA) is 173 Å². The highest BCUT2D eigenvalue weighted by Crippen LogP contribution is 2.19. The van der Waals surface area contributed by atoms with Crippen molar-refractivity contribution >= 4 is 27.6 Å². The second-order valence-corrected chi connectivity index (χ2v) is 10.4. The van der Waals surface area contributed by atoms with Gasteiger partial charge in [0.15, 0.2) is 0 Å². The molecule has 192 valence electrons. The highest BCUT2D eigenvalue weighted by atomic mass is 32.2. The van der Waals surface area contributed by atoms with Gasteiger partial charge in [-0.25, -0.2) is 8.42 Å². The lowest BCUT2D eigenvalue weighted by Crippen LogP contribution is -2.46. The van der Waals surface area contributed by atoms with Gasteiger partial charge in [-0.1, -0.05) is 32.9 Å². The molecule has 1 atom stereocenters. The first kappa shape index (κ1) is 29.7. The van der Waals surface area contributed by atoms with Crippen LogP contribution in [0.1, 0.15) is 39.2 Å². The number of Topliss-reactive ketones (excluding diaryl/α,β-unsaturated/α-hetero) is 1. The number of carbonyl (C=O) groups is 3. The molecule has 0 unspecified atom stereocenters. The van der Waals surface area contributed by atoms with Crippen LogP contribution in [0.2, 0.25) is 0 Å². The molecule has 12 heteroatoms. The van der Waals surface area contributed by atoms with E-state index in [1.54, 1.807) is 0 Å². The fourth-order valence-electron chi connectivity index (χ4n) is 2.87. The van der Waals surface area contributed by atoms with E-state index in [0.717, 1.165) is 0 Å². The lowest BCUT2D eigenvalue weighted by Gasteiger charge is -2.27. The molecular formula is C22H35N3O8S. The molecule has 34 heavy (non-hydrogen) atoms. The van der Waals surface area contributed by atoms with Crippen LogP contribution in [0, 0.1) is 5.41 Å². The van der Waals surface area contributed by atoms with E-state index >= 15 is 0 Å². The Morgan fingerprint density at radius 2 is 1.68 bits per heavy atom. The summed E-state index contributed by atoms with van der Waals surface area (Å²) in [4.78, 5) is 35.9. The summed E-state index contributed by atoms with van der Waals surface area (Å²) >= 11 is 0. The lowest BCUT2D eigenvalue weighted by molar-refractivity contribution is -0.139. The maximum absolute atomic E-state index is 12.7. The van der Waals surface area contributed by atoms with Crippen LogP contribution in [0.4, 0.5) is 0 Å². The molecule has 5 N–H and O–H groups in total. The molecule has 0 fully saturated rings. The molecule has 1 aromatic rings. The van der Waals surface area contributed by atoms with E-state index in [-0.39, 0.29) is 44.1 Å². The van der Waals surface area contributed by atoms with Crippen LogP contribution in [0.15, 0.2) is 29.2 Å². The Bertz CT molecular complexity index is 926. The summed E-state index contributed by atoms with van der Waals surface area (Å²) in [5, 5.41) is 33.0. The minimum absolute atomic E-state index is 0.00399. The summed E-state index contributed by atoms with van der Waals surface area (Å²) in [7, 11) is -3.76. The number of ketones is 1. The van der Waals surface area contributed by atoms with Crippen molar-refractivity contribution in [2.75, 3.05) is 32.8 Å². The molecule has 0 aliphatic rings. The zero-order valence-corrected chi connectivity index (χ0v) is 20.6. The zero-order chi connectivity index (χ0) is 25.9. The third kappa shape index (κ3) is 8.44. The normalized spacial score (nSPS) is 12.9. The summed E-state index contributed by atoms with van der Waals surface area (Å²) in [6, 6.07) is 5.83. The SMILES string of the molecule is CCCN(CCO)S(=O)(=O)c1ccc(CNC(=O)C(=O)CCNC(=O)[C@H](O)C(C)(C)CO)cc1. The molecule has 0 aliphatic carbocycles. The predicted octanol–water partition coefficient (Wildman–Crippen LogP) is -0.849. The summed E-state index contributed by atoms with van der Waals surface area (Å²) in [6.07, 6.45) is -1.15. The first-order valence-electron chi connectivity index (χ1n) is 11.0. The average Bonchev–Trinajstić information content (AvgIpc) is 2.81. The number of nitrogens with zero attached hydrogens (tertiary/aromatic N) is 1. The average molecular weight is 502 g/mol. The number of hydrogen-bond donors (Lipinski definition) is 5. The van der Waals surface area contributed by atoms with Crippen LogP contribution < -0.4 is 10.6 Å². The molecule has 0 heterocycles. The smallest absolute Gasteiger partial charge is 0.287 e. The van der Waals surface area contributed by atoms with Gasteiger partial charge in [0.05, 0.1) is 18.1 Å². The van der Waals surface area contributed by atoms with Crippen molar-refractivity contribution in [2.45, 2.75) is 51.2 Å². The largest absolute Gasteiger partial charge is 0.396 e. The molecule has 0 aliphatic heterocycles. The summed E-state index contributed by atoms with van der Waals surface area (Å²) in [5.41, 5.74) is -0.472. The number of aliphatic hydroxyl groups excluding tert-OH is 3. The van der Waals surface area contributed by atoms with E-state index in [2.05, 4.69) is 10.6 Å². The Morgan fingerprint density at radius 3 is 2.21 bits per heavy atom. The van der Waals surface area contributed by atoms with Gasteiger partial charge in [-0.15, -0.1) is 0 Å². The van der Waals surface area contributed by atoms with E-state index in [1.165, 1.54) is 42.4 Å². The van der Waals surface area contributed by atoms with E-state index in [9.17, 15) is 33.0 Å². The summed E-state index contributed by atoms with van der Waals surface area (Å²) in [6.45, 7) is 4.27. The van der Waals surface area contributed by atoms with E-state index < -0.39 is 45.7 Å². The van der Waals surface area contributed by atoms with Crippen LogP contribution >= 0.6 is 0 Å². The van der Waals surface area contributed by atoms with Crippen LogP contribution in [0.25, 0.3) is 0 Å². The highest BCUT2D eigenvalue weighted by molar-refractivity contribution is 7.89. The van der Waals surface area contributed by atoms with Crippen molar-refractivity contribution in [1.82, 2.24) is 14.9 Å². The third-order valence-electron chi connectivity index (χ3n) is 5.14. The molecule has 1 aromatic carbocycles. The van der Waals surface area contributed by atoms with Gasteiger partial charge in [-0.05, 0) is 24.1 Å². The van der Waals surface area contributed by atoms with Crippen molar-refractivity contribution in [1.29, 1.82) is 0 Å².